The van der Waals surface area contributed by atoms with Crippen LogP contribution < -0.4 is 4.74 Å². The second-order valence-electron chi connectivity index (χ2n) is 6.38. The molecule has 5 nitrogen and oxygen atoms in total. The average Bonchev–Trinajstić information content (AvgIpc) is 2.55. The van der Waals surface area contributed by atoms with Crippen LogP contribution in [0.25, 0.3) is 0 Å². The van der Waals surface area contributed by atoms with Gasteiger partial charge in [0.2, 0.25) is 10.0 Å². The lowest BCUT2D eigenvalue weighted by Crippen LogP contribution is -2.36. The third-order valence-corrected chi connectivity index (χ3v) is 6.25. The fourth-order valence-corrected chi connectivity index (χ4v) is 4.43. The van der Waals surface area contributed by atoms with Crippen LogP contribution in [0.1, 0.15) is 29.2 Å². The summed E-state index contributed by atoms with van der Waals surface area (Å²) in [6, 6.07) is 10.6. The Labute approximate surface area is 148 Å². The number of aryl methyl sites for hydroxylation is 2. The van der Waals surface area contributed by atoms with Gasteiger partial charge in [0.1, 0.15) is 5.75 Å². The van der Waals surface area contributed by atoms with E-state index in [-0.39, 0.29) is 12.5 Å². The number of hydrogen-bond acceptors (Lipinski definition) is 4. The number of benzene rings is 2. The van der Waals surface area contributed by atoms with Gasteiger partial charge in [0, 0.05) is 20.0 Å². The summed E-state index contributed by atoms with van der Waals surface area (Å²) in [4.78, 5) is 11.5. The van der Waals surface area contributed by atoms with Crippen LogP contribution in [0.3, 0.4) is 0 Å². The Hall–Kier alpha value is -2.18. The summed E-state index contributed by atoms with van der Waals surface area (Å²) in [6.45, 7) is 5.88. The van der Waals surface area contributed by atoms with Crippen LogP contribution in [-0.2, 0) is 27.8 Å². The van der Waals surface area contributed by atoms with Crippen LogP contribution in [0.15, 0.2) is 41.3 Å². The highest BCUT2D eigenvalue weighted by Crippen LogP contribution is 2.30. The van der Waals surface area contributed by atoms with Crippen LogP contribution in [0.5, 0.6) is 5.75 Å². The third kappa shape index (κ3) is 3.60. The highest BCUT2D eigenvalue weighted by atomic mass is 32.2. The molecule has 0 aliphatic carbocycles. The zero-order valence-electron chi connectivity index (χ0n) is 14.6. The van der Waals surface area contributed by atoms with Crippen molar-refractivity contribution in [2.24, 2.45) is 0 Å². The van der Waals surface area contributed by atoms with Crippen molar-refractivity contribution in [2.75, 3.05) is 6.54 Å². The van der Waals surface area contributed by atoms with Crippen molar-refractivity contribution in [3.63, 3.8) is 0 Å². The van der Waals surface area contributed by atoms with Crippen LogP contribution in [-0.4, -0.2) is 25.2 Å². The van der Waals surface area contributed by atoms with Crippen molar-refractivity contribution in [1.29, 1.82) is 0 Å². The van der Waals surface area contributed by atoms with Gasteiger partial charge in [0.05, 0.1) is 4.90 Å². The molecule has 1 heterocycles. The molecule has 0 saturated carbocycles. The number of ether oxygens (including phenoxy) is 1. The molecule has 0 saturated heterocycles. The summed E-state index contributed by atoms with van der Waals surface area (Å²) in [6.07, 6.45) is 0.640. The van der Waals surface area contributed by atoms with Crippen molar-refractivity contribution >= 4 is 16.0 Å². The number of sulfonamides is 1. The minimum atomic E-state index is -3.54. The molecule has 0 amide bonds. The van der Waals surface area contributed by atoms with E-state index >= 15 is 0 Å². The van der Waals surface area contributed by atoms with Crippen LogP contribution in [0, 0.1) is 13.8 Å². The van der Waals surface area contributed by atoms with Gasteiger partial charge in [-0.1, -0.05) is 23.8 Å². The van der Waals surface area contributed by atoms with Gasteiger partial charge in [0.25, 0.3) is 0 Å². The number of fused-ring (bicyclic) bond motifs is 1. The Kier molecular flexibility index (Phi) is 4.67. The van der Waals surface area contributed by atoms with Crippen molar-refractivity contribution in [2.45, 2.75) is 38.6 Å². The molecule has 25 heavy (non-hydrogen) atoms. The molecule has 2 aromatic rings. The summed E-state index contributed by atoms with van der Waals surface area (Å²) in [7, 11) is -3.54. The quantitative estimate of drug-likeness (QED) is 0.624. The van der Waals surface area contributed by atoms with Gasteiger partial charge in [-0.3, -0.25) is 4.79 Å². The minimum absolute atomic E-state index is 0.278. The maximum absolute atomic E-state index is 12.9. The predicted molar refractivity (Wildman–Crippen MR) is 95.0 cm³/mol. The molecule has 0 N–H and O–H groups in total. The fraction of sp³-hybridized carbons (Fsp3) is 0.316. The van der Waals surface area contributed by atoms with E-state index < -0.39 is 10.0 Å². The van der Waals surface area contributed by atoms with Crippen molar-refractivity contribution < 1.29 is 17.9 Å². The SMILES string of the molecule is CC(=O)Oc1cc2c(cc1C)CCN(S(=O)(=O)c1ccc(C)cc1)C2. The van der Waals surface area contributed by atoms with Gasteiger partial charge in [-0.15, -0.1) is 0 Å². The van der Waals surface area contributed by atoms with Gasteiger partial charge in [0.15, 0.2) is 0 Å². The monoisotopic (exact) mass is 359 g/mol. The van der Waals surface area contributed by atoms with Crippen LogP contribution >= 0.6 is 0 Å². The molecule has 0 unspecified atom stereocenters. The Balaban J connectivity index is 1.91. The highest BCUT2D eigenvalue weighted by molar-refractivity contribution is 7.89. The van der Waals surface area contributed by atoms with Gasteiger partial charge in [-0.25, -0.2) is 8.42 Å². The molecule has 0 spiro atoms. The Bertz CT molecular complexity index is 917. The Morgan fingerprint density at radius 1 is 1.08 bits per heavy atom. The molecule has 132 valence electrons. The van der Waals surface area contributed by atoms with E-state index in [0.717, 1.165) is 22.3 Å². The summed E-state index contributed by atoms with van der Waals surface area (Å²) >= 11 is 0. The highest BCUT2D eigenvalue weighted by Gasteiger charge is 2.29. The van der Waals surface area contributed by atoms with Crippen LogP contribution in [0.2, 0.25) is 0 Å². The second-order valence-corrected chi connectivity index (χ2v) is 8.32. The molecule has 0 atom stereocenters. The number of esters is 1. The summed E-state index contributed by atoms with van der Waals surface area (Å²) in [5.74, 6) is 0.101. The molecule has 0 aromatic heterocycles. The average molecular weight is 359 g/mol. The molecule has 3 rings (SSSR count). The zero-order chi connectivity index (χ0) is 18.2. The lowest BCUT2D eigenvalue weighted by molar-refractivity contribution is -0.131. The largest absolute Gasteiger partial charge is 0.426 e. The van der Waals surface area contributed by atoms with E-state index in [1.165, 1.54) is 11.2 Å². The van der Waals surface area contributed by atoms with Gasteiger partial charge in [-0.2, -0.15) is 4.31 Å². The smallest absolute Gasteiger partial charge is 0.308 e. The van der Waals surface area contributed by atoms with E-state index in [1.807, 2.05) is 19.9 Å². The van der Waals surface area contributed by atoms with E-state index in [4.69, 9.17) is 4.74 Å². The topological polar surface area (TPSA) is 63.7 Å². The van der Waals surface area contributed by atoms with Gasteiger partial charge in [-0.05, 0) is 55.2 Å². The Morgan fingerprint density at radius 3 is 2.40 bits per heavy atom. The minimum Gasteiger partial charge on any atom is -0.426 e. The molecule has 2 aromatic carbocycles. The van der Waals surface area contributed by atoms with E-state index in [2.05, 4.69) is 0 Å². The first kappa shape index (κ1) is 17.6. The summed E-state index contributed by atoms with van der Waals surface area (Å²) < 4.78 is 32.5. The number of rotatable bonds is 3. The number of nitrogens with zero attached hydrogens (tertiary/aromatic N) is 1. The number of carbonyl (C=O) groups is 1. The second kappa shape index (κ2) is 6.61. The van der Waals surface area contributed by atoms with Crippen LogP contribution in [0.4, 0.5) is 0 Å². The molecule has 0 bridgehead atoms. The molecule has 1 aliphatic heterocycles. The predicted octanol–water partition coefficient (Wildman–Crippen LogP) is 2.98. The lowest BCUT2D eigenvalue weighted by Gasteiger charge is -2.29. The molecule has 6 heteroatoms. The first-order chi connectivity index (χ1) is 11.8. The Morgan fingerprint density at radius 2 is 1.76 bits per heavy atom. The third-order valence-electron chi connectivity index (χ3n) is 4.39. The summed E-state index contributed by atoms with van der Waals surface area (Å²) in [5, 5.41) is 0. The molecule has 1 aliphatic rings. The van der Waals surface area contributed by atoms with E-state index in [1.54, 1.807) is 30.3 Å². The molecule has 0 radical (unpaired) electrons. The summed E-state index contributed by atoms with van der Waals surface area (Å²) in [5.41, 5.74) is 3.88. The maximum atomic E-state index is 12.9. The normalized spacial score (nSPS) is 14.8. The number of hydrogen-bond donors (Lipinski definition) is 0. The standard InChI is InChI=1S/C19H21NO4S/c1-13-4-6-18(7-5-13)25(22,23)20-9-8-16-10-14(2)19(24-15(3)21)11-17(16)12-20/h4-7,10-11H,8-9,12H2,1-3H3. The van der Waals surface area contributed by atoms with Crippen molar-refractivity contribution in [3.05, 3.63) is 58.7 Å². The maximum Gasteiger partial charge on any atom is 0.308 e. The molecular formula is C19H21NO4S. The number of carbonyl (C=O) groups excluding carboxylic acids is 1. The van der Waals surface area contributed by atoms with E-state index in [9.17, 15) is 13.2 Å². The lowest BCUT2D eigenvalue weighted by atomic mass is 9.98. The molecular weight excluding hydrogens is 338 g/mol. The van der Waals surface area contributed by atoms with Crippen molar-refractivity contribution in [1.82, 2.24) is 4.31 Å². The zero-order valence-corrected chi connectivity index (χ0v) is 15.4. The fourth-order valence-electron chi connectivity index (χ4n) is 3.01. The van der Waals surface area contributed by atoms with Crippen molar-refractivity contribution in [3.8, 4) is 5.75 Å². The van der Waals surface area contributed by atoms with E-state index in [0.29, 0.717) is 23.6 Å². The first-order valence-corrected chi connectivity index (χ1v) is 9.59. The molecule has 0 fully saturated rings. The first-order valence-electron chi connectivity index (χ1n) is 8.15. The van der Waals surface area contributed by atoms with Gasteiger partial charge >= 0.3 is 5.97 Å². The van der Waals surface area contributed by atoms with Gasteiger partial charge < -0.3 is 4.74 Å².